The zero-order chi connectivity index (χ0) is 22.9. The number of amidine groups is 1. The lowest BCUT2D eigenvalue weighted by Crippen LogP contribution is -2.48. The van der Waals surface area contributed by atoms with E-state index in [2.05, 4.69) is 4.99 Å². The van der Waals surface area contributed by atoms with Crippen molar-refractivity contribution in [1.29, 1.82) is 0 Å². The molecule has 0 bridgehead atoms. The van der Waals surface area contributed by atoms with Gasteiger partial charge in [-0.2, -0.15) is 0 Å². The number of hydrogen-bond acceptors (Lipinski definition) is 4. The summed E-state index contributed by atoms with van der Waals surface area (Å²) in [6, 6.07) is 22.0. The van der Waals surface area contributed by atoms with Crippen LogP contribution in [0.15, 0.2) is 94.8 Å². The second kappa shape index (κ2) is 9.06. The number of carbonyl (C=O) groups is 1. The van der Waals surface area contributed by atoms with Gasteiger partial charge in [0, 0.05) is 5.56 Å². The van der Waals surface area contributed by atoms with Crippen LogP contribution in [0.4, 0.5) is 0 Å². The summed E-state index contributed by atoms with van der Waals surface area (Å²) >= 11 is 12.4. The van der Waals surface area contributed by atoms with Crippen molar-refractivity contribution in [2.75, 3.05) is 0 Å². The Morgan fingerprint density at radius 1 is 0.906 bits per heavy atom. The van der Waals surface area contributed by atoms with Crippen molar-refractivity contribution in [2.24, 2.45) is 4.99 Å². The lowest BCUT2D eigenvalue weighted by atomic mass is 9.94. The van der Waals surface area contributed by atoms with Crippen molar-refractivity contribution < 1.29 is 13.2 Å². The highest BCUT2D eigenvalue weighted by molar-refractivity contribution is 7.89. The zero-order valence-electron chi connectivity index (χ0n) is 17.1. The lowest BCUT2D eigenvalue weighted by Gasteiger charge is -2.29. The van der Waals surface area contributed by atoms with Gasteiger partial charge in [-0.1, -0.05) is 102 Å². The molecule has 0 aromatic heterocycles. The molecular weight excluding hydrogens is 467 g/mol. The van der Waals surface area contributed by atoms with Gasteiger partial charge in [-0.3, -0.25) is 9.79 Å². The Balaban J connectivity index is 1.90. The molecule has 4 rings (SSSR count). The molecule has 0 radical (unpaired) electrons. The van der Waals surface area contributed by atoms with Gasteiger partial charge in [0.05, 0.1) is 4.90 Å². The van der Waals surface area contributed by atoms with Crippen molar-refractivity contribution in [2.45, 2.75) is 28.7 Å². The number of hydrogen-bond donors (Lipinski definition) is 0. The van der Waals surface area contributed by atoms with Crippen LogP contribution in [-0.2, 0) is 10.0 Å². The topological polar surface area (TPSA) is 66.8 Å². The van der Waals surface area contributed by atoms with E-state index in [-0.39, 0.29) is 16.5 Å². The summed E-state index contributed by atoms with van der Waals surface area (Å²) in [5.74, 6) is -0.458. The Bertz CT molecular complexity index is 1250. The molecule has 0 aliphatic carbocycles. The number of carbonyl (C=O) groups excluding carboxylic acids is 1. The van der Waals surface area contributed by atoms with E-state index in [1.54, 1.807) is 54.6 Å². The molecule has 0 spiro atoms. The monoisotopic (exact) mass is 486 g/mol. The normalized spacial score (nSPS) is 18.6. The summed E-state index contributed by atoms with van der Waals surface area (Å²) in [6.07, 6.45) is 0. The van der Waals surface area contributed by atoms with Crippen LogP contribution in [0.2, 0.25) is 0 Å². The van der Waals surface area contributed by atoms with Crippen molar-refractivity contribution >= 4 is 44.8 Å². The standard InChI is InChI=1S/C24H20Cl2N2O3S/c1-16-12-14-19(15-13-16)32(30,31)28-21(22(29)18-10-6-3-7-11-18)20(27-24(28)23(25)26)17-8-4-2-5-9-17/h2-15,20-21,23H,1H3/t20-,21+/m1/s1. The molecule has 1 heterocycles. The number of aliphatic imine (C=N–C) groups is 1. The predicted molar refractivity (Wildman–Crippen MR) is 127 cm³/mol. The molecule has 8 heteroatoms. The molecule has 0 fully saturated rings. The van der Waals surface area contributed by atoms with Crippen molar-refractivity contribution in [1.82, 2.24) is 4.31 Å². The third-order valence-corrected chi connectivity index (χ3v) is 7.48. The van der Waals surface area contributed by atoms with Gasteiger partial charge in [-0.05, 0) is 24.6 Å². The number of nitrogens with zero attached hydrogens (tertiary/aromatic N) is 2. The van der Waals surface area contributed by atoms with Crippen LogP contribution < -0.4 is 0 Å². The SMILES string of the molecule is Cc1ccc(S(=O)(=O)N2C(C(Cl)Cl)=N[C@H](c3ccccc3)[C@H]2C(=O)c2ccccc2)cc1. The number of ketones is 1. The predicted octanol–water partition coefficient (Wildman–Crippen LogP) is 5.19. The highest BCUT2D eigenvalue weighted by Gasteiger charge is 2.49. The van der Waals surface area contributed by atoms with Crippen LogP contribution >= 0.6 is 23.2 Å². The summed E-state index contributed by atoms with van der Waals surface area (Å²) in [5, 5.41) is 0. The molecule has 2 atom stereocenters. The lowest BCUT2D eigenvalue weighted by molar-refractivity contribution is 0.0915. The molecular formula is C24H20Cl2N2O3S. The maximum atomic E-state index is 13.8. The first-order valence-corrected chi connectivity index (χ1v) is 12.2. The molecule has 0 N–H and O–H groups in total. The van der Waals surface area contributed by atoms with Crippen LogP contribution in [-0.4, -0.2) is 35.2 Å². The first kappa shape index (κ1) is 22.5. The number of halogens is 2. The van der Waals surface area contributed by atoms with E-state index in [4.69, 9.17) is 23.2 Å². The van der Waals surface area contributed by atoms with Crippen molar-refractivity contribution in [3.8, 4) is 0 Å². The second-order valence-electron chi connectivity index (χ2n) is 7.43. The van der Waals surface area contributed by atoms with E-state index in [9.17, 15) is 13.2 Å². The summed E-state index contributed by atoms with van der Waals surface area (Å²) < 4.78 is 28.5. The molecule has 5 nitrogen and oxygen atoms in total. The number of aryl methyl sites for hydroxylation is 1. The molecule has 0 saturated heterocycles. The van der Waals surface area contributed by atoms with Gasteiger partial charge in [-0.25, -0.2) is 12.7 Å². The fourth-order valence-electron chi connectivity index (χ4n) is 3.72. The smallest absolute Gasteiger partial charge is 0.266 e. The fraction of sp³-hybridized carbons (Fsp3) is 0.167. The van der Waals surface area contributed by atoms with E-state index < -0.39 is 26.9 Å². The molecule has 3 aromatic rings. The zero-order valence-corrected chi connectivity index (χ0v) is 19.4. The second-order valence-corrected chi connectivity index (χ2v) is 10.3. The van der Waals surface area contributed by atoms with Crippen molar-refractivity contribution in [3.63, 3.8) is 0 Å². The molecule has 1 aliphatic rings. The highest BCUT2D eigenvalue weighted by atomic mass is 35.5. The van der Waals surface area contributed by atoms with Gasteiger partial charge in [0.1, 0.15) is 17.9 Å². The third kappa shape index (κ3) is 4.18. The number of rotatable bonds is 6. The van der Waals surface area contributed by atoms with E-state index >= 15 is 0 Å². The average molecular weight is 487 g/mol. The van der Waals surface area contributed by atoms with Crippen molar-refractivity contribution in [3.05, 3.63) is 102 Å². The van der Waals surface area contributed by atoms with Gasteiger partial charge in [0.15, 0.2) is 10.6 Å². The summed E-state index contributed by atoms with van der Waals surface area (Å²) in [6.45, 7) is 1.86. The molecule has 164 valence electrons. The molecule has 0 saturated carbocycles. The maximum Gasteiger partial charge on any atom is 0.266 e. The fourth-order valence-corrected chi connectivity index (χ4v) is 5.77. The number of Topliss-reactive ketones (excluding diaryl/α,β-unsaturated/α-hetero) is 1. The van der Waals surface area contributed by atoms with E-state index in [1.165, 1.54) is 12.1 Å². The van der Waals surface area contributed by atoms with E-state index in [0.717, 1.165) is 9.87 Å². The van der Waals surface area contributed by atoms with Gasteiger partial charge in [0.2, 0.25) is 0 Å². The third-order valence-electron chi connectivity index (χ3n) is 5.29. The highest BCUT2D eigenvalue weighted by Crippen LogP contribution is 2.39. The van der Waals surface area contributed by atoms with E-state index in [1.807, 2.05) is 25.1 Å². The van der Waals surface area contributed by atoms with Gasteiger partial charge in [-0.15, -0.1) is 0 Å². The van der Waals surface area contributed by atoms with Crippen LogP contribution in [0.3, 0.4) is 0 Å². The van der Waals surface area contributed by atoms with Crippen LogP contribution in [0.5, 0.6) is 0 Å². The summed E-state index contributed by atoms with van der Waals surface area (Å²) in [7, 11) is -4.18. The first-order chi connectivity index (χ1) is 15.3. The Kier molecular flexibility index (Phi) is 6.38. The minimum Gasteiger partial charge on any atom is -0.292 e. The maximum absolute atomic E-state index is 13.8. The largest absolute Gasteiger partial charge is 0.292 e. The molecule has 0 amide bonds. The molecule has 32 heavy (non-hydrogen) atoms. The number of benzene rings is 3. The van der Waals surface area contributed by atoms with E-state index in [0.29, 0.717) is 11.1 Å². The van der Waals surface area contributed by atoms with Gasteiger partial charge < -0.3 is 0 Å². The Morgan fingerprint density at radius 2 is 1.47 bits per heavy atom. The number of sulfonamides is 1. The van der Waals surface area contributed by atoms with Crippen LogP contribution in [0.1, 0.15) is 27.5 Å². The average Bonchev–Trinajstić information content (AvgIpc) is 3.22. The Morgan fingerprint density at radius 3 is 2.03 bits per heavy atom. The van der Waals surface area contributed by atoms with Crippen LogP contribution in [0.25, 0.3) is 0 Å². The quantitative estimate of drug-likeness (QED) is 0.355. The minimum atomic E-state index is -4.18. The van der Waals surface area contributed by atoms with Gasteiger partial charge >= 0.3 is 0 Å². The Labute approximate surface area is 197 Å². The summed E-state index contributed by atoms with van der Waals surface area (Å²) in [5.41, 5.74) is 1.97. The molecule has 3 aromatic carbocycles. The summed E-state index contributed by atoms with van der Waals surface area (Å²) in [4.78, 5) is 17.0. The minimum absolute atomic E-state index is 0.0318. The first-order valence-electron chi connectivity index (χ1n) is 9.92. The Hall–Kier alpha value is -2.67. The van der Waals surface area contributed by atoms with Gasteiger partial charge in [0.25, 0.3) is 10.0 Å². The number of alkyl halides is 2. The molecule has 0 unspecified atom stereocenters. The van der Waals surface area contributed by atoms with Crippen LogP contribution in [0, 0.1) is 6.92 Å². The molecule has 1 aliphatic heterocycles.